The Bertz CT molecular complexity index is 1110. The number of amides is 2. The molecule has 1 N–H and O–H groups in total. The lowest BCUT2D eigenvalue weighted by atomic mass is 9.85. The van der Waals surface area contributed by atoms with Gasteiger partial charge in [0, 0.05) is 37.1 Å². The average molecular weight is 448 g/mol. The molecule has 2 amide bonds. The molecule has 0 radical (unpaired) electrons. The summed E-state index contributed by atoms with van der Waals surface area (Å²) in [5.74, 6) is 1.50. The molecule has 0 saturated carbocycles. The summed E-state index contributed by atoms with van der Waals surface area (Å²) in [4.78, 5) is 26.6. The standard InChI is InChI=1S/C26H29N3O4/c1-29(18-21-16-23(33-28-21)20-8-4-3-5-9-20)25(31)12-14-26(13-11-24(30)27-26)17-19-7-6-10-22(15-19)32-2/h3-10,15-16H,11-14,17-18H2,1-2H3,(H,27,30). The van der Waals surface area contributed by atoms with Crippen molar-refractivity contribution in [3.05, 3.63) is 71.9 Å². The summed E-state index contributed by atoms with van der Waals surface area (Å²) < 4.78 is 10.8. The third-order valence-electron chi connectivity index (χ3n) is 6.17. The molecular formula is C26H29N3O4. The number of carbonyl (C=O) groups is 2. The lowest BCUT2D eigenvalue weighted by Crippen LogP contribution is -2.44. The molecule has 0 aliphatic carbocycles. The van der Waals surface area contributed by atoms with Gasteiger partial charge >= 0.3 is 0 Å². The van der Waals surface area contributed by atoms with E-state index in [1.807, 2.05) is 60.7 Å². The number of methoxy groups -OCH3 is 1. The average Bonchev–Trinajstić information content (AvgIpc) is 3.45. The van der Waals surface area contributed by atoms with Gasteiger partial charge < -0.3 is 19.5 Å². The molecule has 1 atom stereocenters. The Hall–Kier alpha value is -3.61. The van der Waals surface area contributed by atoms with E-state index in [1.54, 1.807) is 19.1 Å². The Morgan fingerprint density at radius 1 is 1.18 bits per heavy atom. The Morgan fingerprint density at radius 2 is 2.00 bits per heavy atom. The summed E-state index contributed by atoms with van der Waals surface area (Å²) in [6.07, 6.45) is 2.77. The molecule has 0 bridgehead atoms. The van der Waals surface area contributed by atoms with E-state index in [0.717, 1.165) is 16.9 Å². The molecule has 1 aliphatic rings. The second kappa shape index (κ2) is 9.90. The smallest absolute Gasteiger partial charge is 0.222 e. The second-order valence-electron chi connectivity index (χ2n) is 8.66. The van der Waals surface area contributed by atoms with Crippen molar-refractivity contribution in [1.29, 1.82) is 0 Å². The van der Waals surface area contributed by atoms with Crippen molar-refractivity contribution in [3.63, 3.8) is 0 Å². The van der Waals surface area contributed by atoms with Crippen LogP contribution in [0.25, 0.3) is 11.3 Å². The molecular weight excluding hydrogens is 418 g/mol. The number of nitrogens with zero attached hydrogens (tertiary/aromatic N) is 2. The molecule has 7 nitrogen and oxygen atoms in total. The van der Waals surface area contributed by atoms with E-state index >= 15 is 0 Å². The van der Waals surface area contributed by atoms with Crippen molar-refractivity contribution >= 4 is 11.8 Å². The summed E-state index contributed by atoms with van der Waals surface area (Å²) in [5.41, 5.74) is 2.30. The quantitative estimate of drug-likeness (QED) is 0.536. The summed E-state index contributed by atoms with van der Waals surface area (Å²) >= 11 is 0. The van der Waals surface area contributed by atoms with E-state index < -0.39 is 5.54 Å². The number of rotatable bonds is 9. The van der Waals surface area contributed by atoms with Crippen molar-refractivity contribution in [2.24, 2.45) is 0 Å². The summed E-state index contributed by atoms with van der Waals surface area (Å²) in [5, 5.41) is 7.25. The molecule has 1 aliphatic heterocycles. The van der Waals surface area contributed by atoms with Gasteiger partial charge in [0.2, 0.25) is 11.8 Å². The highest BCUT2D eigenvalue weighted by Gasteiger charge is 2.38. The van der Waals surface area contributed by atoms with Crippen molar-refractivity contribution in [2.45, 2.75) is 44.2 Å². The van der Waals surface area contributed by atoms with Crippen LogP contribution in [0.2, 0.25) is 0 Å². The van der Waals surface area contributed by atoms with Crippen molar-refractivity contribution < 1.29 is 18.8 Å². The van der Waals surface area contributed by atoms with Gasteiger partial charge in [-0.05, 0) is 37.0 Å². The monoisotopic (exact) mass is 447 g/mol. The molecule has 4 rings (SSSR count). The molecule has 1 unspecified atom stereocenters. The minimum Gasteiger partial charge on any atom is -0.497 e. The van der Waals surface area contributed by atoms with Gasteiger partial charge in [-0.3, -0.25) is 9.59 Å². The summed E-state index contributed by atoms with van der Waals surface area (Å²) in [6.45, 7) is 0.365. The molecule has 7 heteroatoms. The number of hydrogen-bond donors (Lipinski definition) is 1. The number of carbonyl (C=O) groups excluding carboxylic acids is 2. The molecule has 2 heterocycles. The largest absolute Gasteiger partial charge is 0.497 e. The Balaban J connectivity index is 1.37. The van der Waals surface area contributed by atoms with Gasteiger partial charge in [-0.1, -0.05) is 47.6 Å². The van der Waals surface area contributed by atoms with E-state index in [0.29, 0.717) is 50.1 Å². The van der Waals surface area contributed by atoms with Crippen LogP contribution in [-0.4, -0.2) is 41.6 Å². The van der Waals surface area contributed by atoms with E-state index in [-0.39, 0.29) is 11.8 Å². The Morgan fingerprint density at radius 3 is 2.73 bits per heavy atom. The van der Waals surface area contributed by atoms with Crippen molar-refractivity contribution in [1.82, 2.24) is 15.4 Å². The van der Waals surface area contributed by atoms with E-state index in [1.165, 1.54) is 0 Å². The maximum atomic E-state index is 12.9. The number of hydrogen-bond acceptors (Lipinski definition) is 5. The van der Waals surface area contributed by atoms with Gasteiger partial charge in [0.05, 0.1) is 13.7 Å². The maximum Gasteiger partial charge on any atom is 0.222 e. The van der Waals surface area contributed by atoms with Gasteiger partial charge in [-0.25, -0.2) is 0 Å². The molecule has 0 spiro atoms. The topological polar surface area (TPSA) is 84.7 Å². The van der Waals surface area contributed by atoms with Gasteiger partial charge in [0.25, 0.3) is 0 Å². The first-order valence-electron chi connectivity index (χ1n) is 11.2. The van der Waals surface area contributed by atoms with Gasteiger partial charge in [0.1, 0.15) is 11.4 Å². The van der Waals surface area contributed by atoms with Gasteiger partial charge in [-0.2, -0.15) is 0 Å². The second-order valence-corrected chi connectivity index (χ2v) is 8.66. The molecule has 2 aromatic carbocycles. The molecule has 3 aromatic rings. The van der Waals surface area contributed by atoms with Crippen LogP contribution in [0.1, 0.15) is 36.9 Å². The zero-order chi connectivity index (χ0) is 23.3. The zero-order valence-corrected chi connectivity index (χ0v) is 19.0. The zero-order valence-electron chi connectivity index (χ0n) is 19.0. The Kier molecular flexibility index (Phi) is 6.77. The fourth-order valence-electron chi connectivity index (χ4n) is 4.35. The van der Waals surface area contributed by atoms with Crippen LogP contribution in [0.5, 0.6) is 5.75 Å². The fourth-order valence-corrected chi connectivity index (χ4v) is 4.35. The SMILES string of the molecule is COc1cccc(CC2(CCC(=O)N(C)Cc3cc(-c4ccccc4)on3)CCC(=O)N2)c1. The lowest BCUT2D eigenvalue weighted by Gasteiger charge is -2.30. The highest BCUT2D eigenvalue weighted by atomic mass is 16.5. The number of benzene rings is 2. The van der Waals surface area contributed by atoms with Crippen LogP contribution in [0.15, 0.2) is 65.2 Å². The minimum atomic E-state index is -0.422. The van der Waals surface area contributed by atoms with E-state index in [2.05, 4.69) is 10.5 Å². The molecule has 33 heavy (non-hydrogen) atoms. The van der Waals surface area contributed by atoms with Gasteiger partial charge in [-0.15, -0.1) is 0 Å². The Labute approximate surface area is 193 Å². The molecule has 172 valence electrons. The molecule has 1 aromatic heterocycles. The maximum absolute atomic E-state index is 12.9. The summed E-state index contributed by atoms with van der Waals surface area (Å²) in [6, 6.07) is 19.4. The number of nitrogens with one attached hydrogen (secondary N) is 1. The third-order valence-corrected chi connectivity index (χ3v) is 6.17. The highest BCUT2D eigenvalue weighted by molar-refractivity contribution is 5.80. The predicted octanol–water partition coefficient (Wildman–Crippen LogP) is 3.98. The van der Waals surface area contributed by atoms with Crippen LogP contribution in [0.4, 0.5) is 0 Å². The predicted molar refractivity (Wildman–Crippen MR) is 124 cm³/mol. The van der Waals surface area contributed by atoms with E-state index in [9.17, 15) is 9.59 Å². The normalized spacial score (nSPS) is 17.6. The van der Waals surface area contributed by atoms with E-state index in [4.69, 9.17) is 9.26 Å². The minimum absolute atomic E-state index is 0.00503. The summed E-state index contributed by atoms with van der Waals surface area (Å²) in [7, 11) is 3.40. The number of aromatic nitrogens is 1. The first kappa shape index (κ1) is 22.6. The van der Waals surface area contributed by atoms with Crippen LogP contribution in [-0.2, 0) is 22.6 Å². The van der Waals surface area contributed by atoms with Crippen molar-refractivity contribution in [3.8, 4) is 17.1 Å². The molecule has 1 saturated heterocycles. The van der Waals surface area contributed by atoms with Crippen LogP contribution < -0.4 is 10.1 Å². The molecule has 1 fully saturated rings. The lowest BCUT2D eigenvalue weighted by molar-refractivity contribution is -0.131. The van der Waals surface area contributed by atoms with Crippen molar-refractivity contribution in [2.75, 3.05) is 14.2 Å². The first-order valence-corrected chi connectivity index (χ1v) is 11.2. The fraction of sp³-hybridized carbons (Fsp3) is 0.346. The third kappa shape index (κ3) is 5.61. The van der Waals surface area contributed by atoms with Crippen LogP contribution in [0.3, 0.4) is 0 Å². The van der Waals surface area contributed by atoms with Gasteiger partial charge in [0.15, 0.2) is 5.76 Å². The highest BCUT2D eigenvalue weighted by Crippen LogP contribution is 2.31. The van der Waals surface area contributed by atoms with Crippen LogP contribution >= 0.6 is 0 Å². The van der Waals surface area contributed by atoms with Crippen LogP contribution in [0, 0.1) is 0 Å². The number of ether oxygens (including phenoxy) is 1. The first-order chi connectivity index (χ1) is 16.0.